The smallest absolute Gasteiger partial charge is 0.254 e. The Balaban J connectivity index is 2.11. The van der Waals surface area contributed by atoms with Crippen LogP contribution < -0.4 is 4.74 Å². The van der Waals surface area contributed by atoms with Gasteiger partial charge in [0.15, 0.2) is 0 Å². The van der Waals surface area contributed by atoms with Crippen LogP contribution in [0, 0.1) is 0 Å². The van der Waals surface area contributed by atoms with Crippen LogP contribution in [0.25, 0.3) is 10.8 Å². The van der Waals surface area contributed by atoms with Gasteiger partial charge in [0.25, 0.3) is 5.91 Å². The molecular formula is C16H17NO2. The summed E-state index contributed by atoms with van der Waals surface area (Å²) in [4.78, 5) is 14.5. The van der Waals surface area contributed by atoms with Crippen LogP contribution in [0.15, 0.2) is 36.4 Å². The Morgan fingerprint density at radius 1 is 1.05 bits per heavy atom. The highest BCUT2D eigenvalue weighted by molar-refractivity contribution is 6.08. The topological polar surface area (TPSA) is 29.5 Å². The van der Waals surface area contributed by atoms with Crippen LogP contribution in [0.3, 0.4) is 0 Å². The molecule has 1 aliphatic heterocycles. The average Bonchev–Trinajstić information content (AvgIpc) is 2.99. The van der Waals surface area contributed by atoms with Crippen molar-refractivity contribution >= 4 is 16.7 Å². The van der Waals surface area contributed by atoms with Gasteiger partial charge in [0.2, 0.25) is 0 Å². The third-order valence-corrected chi connectivity index (χ3v) is 3.73. The fourth-order valence-electron chi connectivity index (χ4n) is 2.73. The van der Waals surface area contributed by atoms with Crippen LogP contribution >= 0.6 is 0 Å². The van der Waals surface area contributed by atoms with Crippen molar-refractivity contribution in [3.63, 3.8) is 0 Å². The largest absolute Gasteiger partial charge is 0.496 e. The van der Waals surface area contributed by atoms with E-state index in [1.165, 1.54) is 0 Å². The highest BCUT2D eigenvalue weighted by atomic mass is 16.5. The molecule has 1 heterocycles. The second kappa shape index (κ2) is 4.92. The number of fused-ring (bicyclic) bond motifs is 1. The van der Waals surface area contributed by atoms with E-state index in [4.69, 9.17) is 4.74 Å². The first-order valence-corrected chi connectivity index (χ1v) is 6.66. The molecule has 0 atom stereocenters. The molecule has 0 aliphatic carbocycles. The Hall–Kier alpha value is -2.03. The molecule has 0 unspecified atom stereocenters. The number of methoxy groups -OCH3 is 1. The molecule has 0 spiro atoms. The lowest BCUT2D eigenvalue weighted by atomic mass is 10.0. The molecule has 0 bridgehead atoms. The summed E-state index contributed by atoms with van der Waals surface area (Å²) in [6.07, 6.45) is 2.22. The highest BCUT2D eigenvalue weighted by Gasteiger charge is 2.21. The minimum atomic E-state index is 0.136. The summed E-state index contributed by atoms with van der Waals surface area (Å²) in [6.45, 7) is 1.75. The average molecular weight is 255 g/mol. The molecule has 1 saturated heterocycles. The summed E-state index contributed by atoms with van der Waals surface area (Å²) < 4.78 is 5.36. The van der Waals surface area contributed by atoms with Gasteiger partial charge in [0.05, 0.1) is 7.11 Å². The van der Waals surface area contributed by atoms with Crippen molar-refractivity contribution in [2.75, 3.05) is 20.2 Å². The molecule has 0 radical (unpaired) electrons. The quantitative estimate of drug-likeness (QED) is 0.825. The molecule has 3 rings (SSSR count). The molecule has 98 valence electrons. The molecule has 0 saturated carbocycles. The van der Waals surface area contributed by atoms with Crippen molar-refractivity contribution in [3.05, 3.63) is 42.0 Å². The van der Waals surface area contributed by atoms with E-state index in [-0.39, 0.29) is 5.91 Å². The molecule has 3 heteroatoms. The Kier molecular flexibility index (Phi) is 3.11. The first kappa shape index (κ1) is 12.0. The molecular weight excluding hydrogens is 238 g/mol. The first-order valence-electron chi connectivity index (χ1n) is 6.66. The number of rotatable bonds is 2. The van der Waals surface area contributed by atoms with Gasteiger partial charge in [-0.05, 0) is 30.4 Å². The Morgan fingerprint density at radius 2 is 1.74 bits per heavy atom. The Labute approximate surface area is 112 Å². The number of ether oxygens (including phenoxy) is 1. The van der Waals surface area contributed by atoms with Crippen molar-refractivity contribution in [1.29, 1.82) is 0 Å². The van der Waals surface area contributed by atoms with E-state index in [9.17, 15) is 4.79 Å². The van der Waals surface area contributed by atoms with E-state index in [1.807, 2.05) is 41.3 Å². The molecule has 2 aromatic rings. The van der Waals surface area contributed by atoms with Crippen molar-refractivity contribution in [1.82, 2.24) is 4.90 Å². The molecule has 2 aromatic carbocycles. The summed E-state index contributed by atoms with van der Waals surface area (Å²) >= 11 is 0. The standard InChI is InChI=1S/C16H17NO2/c1-19-15-9-8-14(12-6-2-3-7-13(12)15)16(18)17-10-4-5-11-17/h2-3,6-9H,4-5,10-11H2,1H3. The Bertz CT molecular complexity index is 615. The summed E-state index contributed by atoms with van der Waals surface area (Å²) in [6, 6.07) is 11.7. The van der Waals surface area contributed by atoms with E-state index in [1.54, 1.807) is 7.11 Å². The fourth-order valence-corrected chi connectivity index (χ4v) is 2.73. The van der Waals surface area contributed by atoms with Crippen LogP contribution in [0.2, 0.25) is 0 Å². The number of benzene rings is 2. The van der Waals surface area contributed by atoms with E-state index in [2.05, 4.69) is 0 Å². The number of hydrogen-bond donors (Lipinski definition) is 0. The molecule has 3 nitrogen and oxygen atoms in total. The molecule has 1 amide bonds. The fraction of sp³-hybridized carbons (Fsp3) is 0.312. The van der Waals surface area contributed by atoms with E-state index < -0.39 is 0 Å². The molecule has 1 aliphatic rings. The van der Waals surface area contributed by atoms with E-state index >= 15 is 0 Å². The maximum absolute atomic E-state index is 12.5. The normalized spacial score (nSPS) is 14.9. The third-order valence-electron chi connectivity index (χ3n) is 3.73. The van der Waals surface area contributed by atoms with Crippen LogP contribution in [0.1, 0.15) is 23.2 Å². The maximum atomic E-state index is 12.5. The lowest BCUT2D eigenvalue weighted by molar-refractivity contribution is 0.0795. The maximum Gasteiger partial charge on any atom is 0.254 e. The lowest BCUT2D eigenvalue weighted by Crippen LogP contribution is -2.27. The van der Waals surface area contributed by atoms with Crippen LogP contribution in [-0.4, -0.2) is 31.0 Å². The van der Waals surface area contributed by atoms with Gasteiger partial charge in [-0.3, -0.25) is 4.79 Å². The molecule has 0 aromatic heterocycles. The molecule has 0 N–H and O–H groups in total. The summed E-state index contributed by atoms with van der Waals surface area (Å²) in [5, 5.41) is 1.97. The zero-order chi connectivity index (χ0) is 13.2. The van der Waals surface area contributed by atoms with Crippen molar-refractivity contribution in [3.8, 4) is 5.75 Å². The Morgan fingerprint density at radius 3 is 2.42 bits per heavy atom. The van der Waals surface area contributed by atoms with Crippen molar-refractivity contribution < 1.29 is 9.53 Å². The predicted molar refractivity (Wildman–Crippen MR) is 75.6 cm³/mol. The van der Waals surface area contributed by atoms with Gasteiger partial charge in [-0.2, -0.15) is 0 Å². The van der Waals surface area contributed by atoms with Crippen LogP contribution in [0.4, 0.5) is 0 Å². The number of carbonyl (C=O) groups is 1. The zero-order valence-corrected chi connectivity index (χ0v) is 11.1. The number of likely N-dealkylation sites (tertiary alicyclic amines) is 1. The number of carbonyl (C=O) groups excluding carboxylic acids is 1. The third kappa shape index (κ3) is 2.05. The van der Waals surface area contributed by atoms with Gasteiger partial charge < -0.3 is 9.64 Å². The zero-order valence-electron chi connectivity index (χ0n) is 11.1. The second-order valence-electron chi connectivity index (χ2n) is 4.86. The van der Waals surface area contributed by atoms with Gasteiger partial charge in [-0.1, -0.05) is 24.3 Å². The van der Waals surface area contributed by atoms with Crippen molar-refractivity contribution in [2.45, 2.75) is 12.8 Å². The molecule has 19 heavy (non-hydrogen) atoms. The van der Waals surface area contributed by atoms with E-state index in [0.29, 0.717) is 0 Å². The van der Waals surface area contributed by atoms with Gasteiger partial charge in [-0.15, -0.1) is 0 Å². The summed E-state index contributed by atoms with van der Waals surface area (Å²) in [5.41, 5.74) is 0.776. The van der Waals surface area contributed by atoms with E-state index in [0.717, 1.165) is 48.0 Å². The van der Waals surface area contributed by atoms with Gasteiger partial charge in [-0.25, -0.2) is 0 Å². The van der Waals surface area contributed by atoms with Gasteiger partial charge in [0, 0.05) is 24.0 Å². The molecule has 1 fully saturated rings. The minimum Gasteiger partial charge on any atom is -0.496 e. The lowest BCUT2D eigenvalue weighted by Gasteiger charge is -2.17. The van der Waals surface area contributed by atoms with Gasteiger partial charge in [0.1, 0.15) is 5.75 Å². The first-order chi connectivity index (χ1) is 9.31. The summed E-state index contributed by atoms with van der Waals surface area (Å²) in [7, 11) is 1.66. The summed E-state index contributed by atoms with van der Waals surface area (Å²) in [5.74, 6) is 0.949. The number of hydrogen-bond acceptors (Lipinski definition) is 2. The van der Waals surface area contributed by atoms with Crippen LogP contribution in [-0.2, 0) is 0 Å². The highest BCUT2D eigenvalue weighted by Crippen LogP contribution is 2.29. The number of amides is 1. The minimum absolute atomic E-state index is 0.136. The predicted octanol–water partition coefficient (Wildman–Crippen LogP) is 3.08. The second-order valence-corrected chi connectivity index (χ2v) is 4.86. The monoisotopic (exact) mass is 255 g/mol. The SMILES string of the molecule is COc1ccc(C(=O)N2CCCC2)c2ccccc12. The van der Waals surface area contributed by atoms with Crippen molar-refractivity contribution in [2.24, 2.45) is 0 Å². The number of nitrogens with zero attached hydrogens (tertiary/aromatic N) is 1. The van der Waals surface area contributed by atoms with Crippen LogP contribution in [0.5, 0.6) is 5.75 Å². The van der Waals surface area contributed by atoms with Gasteiger partial charge >= 0.3 is 0 Å².